The Morgan fingerprint density at radius 2 is 0.725 bits per heavy atom. The van der Waals surface area contributed by atoms with Gasteiger partial charge in [0.25, 0.3) is 0 Å². The van der Waals surface area contributed by atoms with Crippen LogP contribution >= 0.6 is 0 Å². The van der Waals surface area contributed by atoms with Gasteiger partial charge >= 0.3 is 0 Å². The van der Waals surface area contributed by atoms with Gasteiger partial charge in [0, 0.05) is 0 Å². The van der Waals surface area contributed by atoms with Crippen LogP contribution in [-0.2, 0) is 0 Å². The van der Waals surface area contributed by atoms with Crippen molar-refractivity contribution in [3.05, 3.63) is 158 Å². The second-order valence-corrected chi connectivity index (χ2v) is 10.5. The maximum Gasteiger partial charge on any atom is -0.00266 e. The minimum Gasteiger partial charge on any atom is -0.0616 e. The lowest BCUT2D eigenvalue weighted by Crippen LogP contribution is -1.88. The number of hydrogen-bond donors (Lipinski definition) is 0. The van der Waals surface area contributed by atoms with E-state index in [4.69, 9.17) is 0 Å². The van der Waals surface area contributed by atoms with Gasteiger partial charge in [0.1, 0.15) is 0 Å². The van der Waals surface area contributed by atoms with Gasteiger partial charge in [-0.05, 0) is 88.6 Å². The van der Waals surface area contributed by atoms with Gasteiger partial charge in [-0.1, -0.05) is 146 Å². The highest BCUT2D eigenvalue weighted by atomic mass is 14.2. The summed E-state index contributed by atoms with van der Waals surface area (Å²) >= 11 is 0. The molecule has 0 heterocycles. The Kier molecular flexibility index (Phi) is 5.24. The number of hydrogen-bond acceptors (Lipinski definition) is 0. The van der Waals surface area contributed by atoms with Gasteiger partial charge in [0.05, 0.1) is 0 Å². The lowest BCUT2D eigenvalue weighted by atomic mass is 9.88. The molecule has 0 atom stereocenters. The molecule has 8 aromatic carbocycles. The summed E-state index contributed by atoms with van der Waals surface area (Å²) in [5.74, 6) is 0. The molecule has 0 heteroatoms. The van der Waals surface area contributed by atoms with Gasteiger partial charge in [0.15, 0.2) is 0 Å². The molecule has 0 N–H and O–H groups in total. The summed E-state index contributed by atoms with van der Waals surface area (Å²) in [6.45, 7) is 0. The first-order valence-corrected chi connectivity index (χ1v) is 13.9. The zero-order valence-corrected chi connectivity index (χ0v) is 22.0. The Hall–Kier alpha value is -5.20. The lowest BCUT2D eigenvalue weighted by Gasteiger charge is -2.15. The van der Waals surface area contributed by atoms with Crippen LogP contribution in [0.5, 0.6) is 0 Å². The van der Waals surface area contributed by atoms with E-state index in [0.29, 0.717) is 0 Å². The zero-order valence-electron chi connectivity index (χ0n) is 22.0. The Balaban J connectivity index is 1.34. The Morgan fingerprint density at radius 3 is 1.40 bits per heavy atom. The van der Waals surface area contributed by atoms with Crippen molar-refractivity contribution in [1.82, 2.24) is 0 Å². The summed E-state index contributed by atoms with van der Waals surface area (Å²) in [5.41, 5.74) is 7.55. The van der Waals surface area contributed by atoms with Crippen LogP contribution < -0.4 is 0 Å². The molecule has 8 rings (SSSR count). The molecule has 0 radical (unpaired) electrons. The Labute approximate surface area is 233 Å². The van der Waals surface area contributed by atoms with E-state index in [-0.39, 0.29) is 0 Å². The molecule has 0 unspecified atom stereocenters. The third-order valence-electron chi connectivity index (χ3n) is 8.24. The van der Waals surface area contributed by atoms with Crippen molar-refractivity contribution in [2.24, 2.45) is 0 Å². The van der Waals surface area contributed by atoms with Gasteiger partial charge in [-0.2, -0.15) is 0 Å². The van der Waals surface area contributed by atoms with E-state index >= 15 is 0 Å². The molecule has 0 amide bonds. The largest absolute Gasteiger partial charge is 0.0616 e. The summed E-state index contributed by atoms with van der Waals surface area (Å²) in [6, 6.07) is 57.6. The SMILES string of the molecule is c1ccc2c(-c3ccc(-c4c5ccccc5cc5ccc(-c6cccc7ccccc67)cc45)cc3)cccc2c1. The molecule has 0 aliphatic heterocycles. The summed E-state index contributed by atoms with van der Waals surface area (Å²) in [6.07, 6.45) is 0. The molecule has 0 saturated heterocycles. The molecule has 0 aromatic heterocycles. The van der Waals surface area contributed by atoms with Crippen LogP contribution in [0, 0.1) is 0 Å². The van der Waals surface area contributed by atoms with E-state index in [1.54, 1.807) is 0 Å². The fraction of sp³-hybridized carbons (Fsp3) is 0. The molecule has 0 saturated carbocycles. The first kappa shape index (κ1) is 22.8. The van der Waals surface area contributed by atoms with Crippen molar-refractivity contribution >= 4 is 43.1 Å². The molecular formula is C40H26. The number of fused-ring (bicyclic) bond motifs is 4. The molecule has 0 spiro atoms. The average molecular weight is 507 g/mol. The van der Waals surface area contributed by atoms with Crippen molar-refractivity contribution in [3.8, 4) is 33.4 Å². The van der Waals surface area contributed by atoms with Crippen LogP contribution in [0.15, 0.2) is 158 Å². The maximum absolute atomic E-state index is 2.39. The quantitative estimate of drug-likeness (QED) is 0.209. The number of benzene rings is 8. The van der Waals surface area contributed by atoms with Crippen molar-refractivity contribution in [2.75, 3.05) is 0 Å². The molecule has 8 aromatic rings. The van der Waals surface area contributed by atoms with Crippen LogP contribution in [0.25, 0.3) is 76.5 Å². The van der Waals surface area contributed by atoms with E-state index < -0.39 is 0 Å². The predicted octanol–water partition coefficient (Wildman–Crippen LogP) is 11.3. The summed E-state index contributed by atoms with van der Waals surface area (Å²) < 4.78 is 0. The zero-order chi connectivity index (χ0) is 26.5. The highest BCUT2D eigenvalue weighted by Crippen LogP contribution is 2.40. The van der Waals surface area contributed by atoms with Gasteiger partial charge < -0.3 is 0 Å². The van der Waals surface area contributed by atoms with E-state index in [0.717, 1.165) is 0 Å². The fourth-order valence-corrected chi connectivity index (χ4v) is 6.31. The fourth-order valence-electron chi connectivity index (χ4n) is 6.31. The van der Waals surface area contributed by atoms with E-state index in [1.165, 1.54) is 76.5 Å². The summed E-state index contributed by atoms with van der Waals surface area (Å²) in [7, 11) is 0. The highest BCUT2D eigenvalue weighted by Gasteiger charge is 2.13. The van der Waals surface area contributed by atoms with Crippen LogP contribution in [0.2, 0.25) is 0 Å². The topological polar surface area (TPSA) is 0 Å². The second kappa shape index (κ2) is 9.22. The third kappa shape index (κ3) is 3.69. The normalized spacial score (nSPS) is 11.5. The minimum atomic E-state index is 1.24. The van der Waals surface area contributed by atoms with Gasteiger partial charge in [-0.25, -0.2) is 0 Å². The maximum atomic E-state index is 2.39. The van der Waals surface area contributed by atoms with Crippen molar-refractivity contribution in [3.63, 3.8) is 0 Å². The monoisotopic (exact) mass is 506 g/mol. The molecule has 0 bridgehead atoms. The first-order valence-electron chi connectivity index (χ1n) is 13.9. The van der Waals surface area contributed by atoms with E-state index in [9.17, 15) is 0 Å². The Morgan fingerprint density at radius 1 is 0.250 bits per heavy atom. The van der Waals surface area contributed by atoms with Crippen molar-refractivity contribution in [1.29, 1.82) is 0 Å². The van der Waals surface area contributed by atoms with Crippen LogP contribution in [-0.4, -0.2) is 0 Å². The number of rotatable bonds is 3. The van der Waals surface area contributed by atoms with E-state index in [1.807, 2.05) is 0 Å². The smallest absolute Gasteiger partial charge is 0.00266 e. The van der Waals surface area contributed by atoms with Gasteiger partial charge in [0.2, 0.25) is 0 Å². The van der Waals surface area contributed by atoms with Crippen molar-refractivity contribution in [2.45, 2.75) is 0 Å². The molecule has 0 aliphatic rings. The molecule has 40 heavy (non-hydrogen) atoms. The Bertz CT molecular complexity index is 2190. The molecular weight excluding hydrogens is 480 g/mol. The van der Waals surface area contributed by atoms with Crippen LogP contribution in [0.1, 0.15) is 0 Å². The van der Waals surface area contributed by atoms with Crippen molar-refractivity contribution < 1.29 is 0 Å². The first-order chi connectivity index (χ1) is 19.8. The summed E-state index contributed by atoms with van der Waals surface area (Å²) in [5, 5.41) is 10.2. The third-order valence-corrected chi connectivity index (χ3v) is 8.24. The summed E-state index contributed by atoms with van der Waals surface area (Å²) in [4.78, 5) is 0. The van der Waals surface area contributed by atoms with E-state index in [2.05, 4.69) is 158 Å². The molecule has 0 fully saturated rings. The standard InChI is InChI=1S/C40H26/c1-4-14-34-27(9-1)12-7-17-36(34)29-19-21-30(22-20-29)40-38-16-6-3-11-31(38)25-32-23-24-33(26-39(32)40)37-18-8-13-28-10-2-5-15-35(28)37/h1-26H. The average Bonchev–Trinajstić information content (AvgIpc) is 3.03. The lowest BCUT2D eigenvalue weighted by molar-refractivity contribution is 1.63. The van der Waals surface area contributed by atoms with Crippen LogP contribution in [0.4, 0.5) is 0 Å². The highest BCUT2D eigenvalue weighted by molar-refractivity contribution is 6.14. The second-order valence-electron chi connectivity index (χ2n) is 10.5. The van der Waals surface area contributed by atoms with Crippen LogP contribution in [0.3, 0.4) is 0 Å². The molecule has 0 aliphatic carbocycles. The van der Waals surface area contributed by atoms with Gasteiger partial charge in [-0.15, -0.1) is 0 Å². The minimum absolute atomic E-state index is 1.24. The van der Waals surface area contributed by atoms with Gasteiger partial charge in [-0.3, -0.25) is 0 Å². The predicted molar refractivity (Wildman–Crippen MR) is 173 cm³/mol. The molecule has 186 valence electrons. The molecule has 0 nitrogen and oxygen atoms in total.